The highest BCUT2D eigenvalue weighted by molar-refractivity contribution is 5.80. The number of benzene rings is 2. The molecule has 0 N–H and O–H groups in total. The first-order valence-electron chi connectivity index (χ1n) is 12.1. The maximum absolute atomic E-state index is 13.2. The first-order valence-corrected chi connectivity index (χ1v) is 12.1. The predicted molar refractivity (Wildman–Crippen MR) is 132 cm³/mol. The summed E-state index contributed by atoms with van der Waals surface area (Å²) in [5.41, 5.74) is 2.05. The summed E-state index contributed by atoms with van der Waals surface area (Å²) < 4.78 is 5.67. The van der Waals surface area contributed by atoms with Gasteiger partial charge in [-0.15, -0.1) is 0 Å². The van der Waals surface area contributed by atoms with Gasteiger partial charge in [0.2, 0.25) is 5.91 Å². The van der Waals surface area contributed by atoms with Crippen LogP contribution in [0.5, 0.6) is 0 Å². The molecule has 0 radical (unpaired) electrons. The van der Waals surface area contributed by atoms with E-state index in [9.17, 15) is 9.59 Å². The van der Waals surface area contributed by atoms with Crippen LogP contribution < -0.4 is 0 Å². The fourth-order valence-electron chi connectivity index (χ4n) is 4.17. The first-order chi connectivity index (χ1) is 15.8. The topological polar surface area (TPSA) is 49.9 Å². The van der Waals surface area contributed by atoms with Gasteiger partial charge in [0.1, 0.15) is 6.61 Å². The maximum Gasteiger partial charge on any atom is 0.410 e. The van der Waals surface area contributed by atoms with E-state index in [2.05, 4.69) is 32.9 Å². The third-order valence-corrected chi connectivity index (χ3v) is 6.74. The van der Waals surface area contributed by atoms with Gasteiger partial charge in [0, 0.05) is 31.6 Å². The van der Waals surface area contributed by atoms with Crippen LogP contribution in [0.25, 0.3) is 0 Å². The molecule has 1 aliphatic heterocycles. The Morgan fingerprint density at radius 1 is 1.03 bits per heavy atom. The summed E-state index contributed by atoms with van der Waals surface area (Å²) in [7, 11) is 0. The molecular weight excluding hydrogens is 412 g/mol. The second-order valence-corrected chi connectivity index (χ2v) is 10.1. The van der Waals surface area contributed by atoms with Crippen LogP contribution in [0.15, 0.2) is 60.7 Å². The van der Waals surface area contributed by atoms with E-state index in [1.54, 1.807) is 4.90 Å². The zero-order valence-corrected chi connectivity index (χ0v) is 20.5. The van der Waals surface area contributed by atoms with Gasteiger partial charge in [0.25, 0.3) is 0 Å². The number of hydrogen-bond acceptors (Lipinski definition) is 3. The van der Waals surface area contributed by atoms with E-state index < -0.39 is 0 Å². The molecule has 0 aromatic heterocycles. The summed E-state index contributed by atoms with van der Waals surface area (Å²) in [6.45, 7) is 10.4. The molecule has 178 valence electrons. The molecule has 0 bridgehead atoms. The lowest BCUT2D eigenvalue weighted by atomic mass is 9.81. The lowest BCUT2D eigenvalue weighted by molar-refractivity contribution is -0.139. The van der Waals surface area contributed by atoms with Gasteiger partial charge in [0.15, 0.2) is 0 Å². The summed E-state index contributed by atoms with van der Waals surface area (Å²) in [5.74, 6) is 0.117. The summed E-state index contributed by atoms with van der Waals surface area (Å²) in [6.07, 6.45) is 2.31. The van der Waals surface area contributed by atoms with E-state index in [0.717, 1.165) is 31.4 Å². The molecule has 3 rings (SSSR count). The summed E-state index contributed by atoms with van der Waals surface area (Å²) in [4.78, 5) is 30.1. The molecule has 1 heterocycles. The Morgan fingerprint density at radius 2 is 1.64 bits per heavy atom. The van der Waals surface area contributed by atoms with Gasteiger partial charge < -0.3 is 14.5 Å². The lowest BCUT2D eigenvalue weighted by Gasteiger charge is -2.35. The third-order valence-electron chi connectivity index (χ3n) is 6.74. The Kier molecular flexibility index (Phi) is 8.54. The Balaban J connectivity index is 1.69. The van der Waals surface area contributed by atoms with Gasteiger partial charge in [-0.1, -0.05) is 88.4 Å². The van der Waals surface area contributed by atoms with Crippen molar-refractivity contribution in [2.75, 3.05) is 19.6 Å². The van der Waals surface area contributed by atoms with Crippen LogP contribution >= 0.6 is 0 Å². The van der Waals surface area contributed by atoms with Crippen molar-refractivity contribution in [2.24, 2.45) is 11.3 Å². The quantitative estimate of drug-likeness (QED) is 0.530. The number of rotatable bonds is 8. The number of carbonyl (C=O) groups is 2. The molecule has 1 saturated heterocycles. The van der Waals surface area contributed by atoms with Crippen LogP contribution in [0.3, 0.4) is 0 Å². The van der Waals surface area contributed by atoms with Crippen LogP contribution in [0.4, 0.5) is 4.79 Å². The van der Waals surface area contributed by atoms with Gasteiger partial charge in [-0.2, -0.15) is 0 Å². The van der Waals surface area contributed by atoms with Gasteiger partial charge in [-0.3, -0.25) is 4.79 Å². The van der Waals surface area contributed by atoms with Crippen LogP contribution in [0, 0.1) is 11.3 Å². The van der Waals surface area contributed by atoms with E-state index >= 15 is 0 Å². The lowest BCUT2D eigenvalue weighted by Crippen LogP contribution is -2.48. The van der Waals surface area contributed by atoms with Crippen LogP contribution in [-0.4, -0.2) is 47.5 Å². The molecule has 2 aromatic carbocycles. The van der Waals surface area contributed by atoms with Crippen molar-refractivity contribution < 1.29 is 14.3 Å². The molecule has 2 aromatic rings. The minimum Gasteiger partial charge on any atom is -0.445 e. The van der Waals surface area contributed by atoms with Gasteiger partial charge in [-0.25, -0.2) is 4.79 Å². The number of likely N-dealkylation sites (tertiary alicyclic amines) is 1. The van der Waals surface area contributed by atoms with Crippen molar-refractivity contribution in [2.45, 2.75) is 59.6 Å². The summed E-state index contributed by atoms with van der Waals surface area (Å²) in [5, 5.41) is 0. The Bertz CT molecular complexity index is 892. The summed E-state index contributed by atoms with van der Waals surface area (Å²) >= 11 is 0. The molecule has 33 heavy (non-hydrogen) atoms. The fraction of sp³-hybridized carbons (Fsp3) is 0.500. The standard InChI is InChI=1S/C28H38N2O3/c1-22(28(2,3)4)26(31)30-18-11-16-25(30)20-29(19-17-23-12-7-5-8-13-23)27(32)33-21-24-14-9-6-10-15-24/h5-10,12-15,22,25H,11,16-21H2,1-4H3/t22-,25+/m1/s1. The van der Waals surface area contributed by atoms with Crippen molar-refractivity contribution in [3.63, 3.8) is 0 Å². The maximum atomic E-state index is 13.2. The van der Waals surface area contributed by atoms with E-state index in [4.69, 9.17) is 4.74 Å². The Hall–Kier alpha value is -2.82. The smallest absolute Gasteiger partial charge is 0.410 e. The van der Waals surface area contributed by atoms with Gasteiger partial charge in [-0.05, 0) is 35.8 Å². The Morgan fingerprint density at radius 3 is 2.24 bits per heavy atom. The van der Waals surface area contributed by atoms with Gasteiger partial charge >= 0.3 is 6.09 Å². The van der Waals surface area contributed by atoms with Crippen LogP contribution in [0.1, 0.15) is 51.7 Å². The first kappa shape index (κ1) is 24.8. The average molecular weight is 451 g/mol. The number of amides is 2. The zero-order chi connectivity index (χ0) is 23.8. The SMILES string of the molecule is C[C@H](C(=O)N1CCC[C@H]1CN(CCc1ccccc1)C(=O)OCc1ccccc1)C(C)(C)C. The van der Waals surface area contributed by atoms with E-state index in [-0.39, 0.29) is 36.0 Å². The number of hydrogen-bond donors (Lipinski definition) is 0. The number of carbonyl (C=O) groups excluding carboxylic acids is 2. The van der Waals surface area contributed by atoms with Crippen molar-refractivity contribution in [3.05, 3.63) is 71.8 Å². The highest BCUT2D eigenvalue weighted by Crippen LogP contribution is 2.30. The van der Waals surface area contributed by atoms with E-state index in [1.165, 1.54) is 5.56 Å². The molecule has 0 saturated carbocycles. The monoisotopic (exact) mass is 450 g/mol. The normalized spacial score (nSPS) is 17.0. The van der Waals surface area contributed by atoms with E-state index in [0.29, 0.717) is 13.1 Å². The summed E-state index contributed by atoms with van der Waals surface area (Å²) in [6, 6.07) is 19.9. The molecule has 2 atom stereocenters. The molecule has 1 aliphatic rings. The number of ether oxygens (including phenoxy) is 1. The Labute approximate surface area is 198 Å². The molecule has 0 unspecified atom stereocenters. The zero-order valence-electron chi connectivity index (χ0n) is 20.5. The molecule has 5 heteroatoms. The highest BCUT2D eigenvalue weighted by Gasteiger charge is 2.37. The van der Waals surface area contributed by atoms with Crippen LogP contribution in [-0.2, 0) is 22.6 Å². The predicted octanol–water partition coefficient (Wildman–Crippen LogP) is 5.54. The van der Waals surface area contributed by atoms with Crippen molar-refractivity contribution in [3.8, 4) is 0 Å². The minimum atomic E-state index is -0.321. The number of nitrogens with zero attached hydrogens (tertiary/aromatic N) is 2. The molecule has 1 fully saturated rings. The molecular formula is C28H38N2O3. The largest absolute Gasteiger partial charge is 0.445 e. The second kappa shape index (κ2) is 11.4. The second-order valence-electron chi connectivity index (χ2n) is 10.1. The van der Waals surface area contributed by atoms with E-state index in [1.807, 2.05) is 60.4 Å². The molecule has 2 amide bonds. The highest BCUT2D eigenvalue weighted by atomic mass is 16.6. The molecule has 0 spiro atoms. The minimum absolute atomic E-state index is 0.0300. The van der Waals surface area contributed by atoms with Crippen molar-refractivity contribution in [1.82, 2.24) is 9.80 Å². The van der Waals surface area contributed by atoms with Crippen molar-refractivity contribution >= 4 is 12.0 Å². The average Bonchev–Trinajstić information content (AvgIpc) is 3.28. The molecule has 0 aliphatic carbocycles. The van der Waals surface area contributed by atoms with Crippen molar-refractivity contribution in [1.29, 1.82) is 0 Å². The fourth-order valence-corrected chi connectivity index (χ4v) is 4.17. The third kappa shape index (κ3) is 7.08. The van der Waals surface area contributed by atoms with Gasteiger partial charge in [0.05, 0.1) is 0 Å². The van der Waals surface area contributed by atoms with Crippen LogP contribution in [0.2, 0.25) is 0 Å². The molecule has 5 nitrogen and oxygen atoms in total.